The number of para-hydroxylation sites is 1. The van der Waals surface area contributed by atoms with E-state index in [2.05, 4.69) is 17.5 Å². The SMILES string of the molecule is COc1ccccc1[C@@H]1C(C#N)=C(SCc2ccccc2)NC(=O)[C@H]1C#N. The van der Waals surface area contributed by atoms with E-state index < -0.39 is 17.7 Å². The van der Waals surface area contributed by atoms with Crippen molar-refractivity contribution in [3.05, 3.63) is 76.3 Å². The first kappa shape index (κ1) is 18.6. The van der Waals surface area contributed by atoms with Crippen LogP contribution in [0, 0.1) is 28.6 Å². The first-order valence-corrected chi connectivity index (χ1v) is 9.32. The molecule has 1 N–H and O–H groups in total. The van der Waals surface area contributed by atoms with E-state index >= 15 is 0 Å². The van der Waals surface area contributed by atoms with Crippen molar-refractivity contribution >= 4 is 17.7 Å². The zero-order chi connectivity index (χ0) is 19.2. The maximum Gasteiger partial charge on any atom is 0.243 e. The van der Waals surface area contributed by atoms with Crippen LogP contribution in [-0.2, 0) is 10.5 Å². The minimum atomic E-state index is -0.989. The predicted octanol–water partition coefficient (Wildman–Crippen LogP) is 3.72. The van der Waals surface area contributed by atoms with Crippen LogP contribution in [0.4, 0.5) is 0 Å². The lowest BCUT2D eigenvalue weighted by atomic mass is 9.79. The van der Waals surface area contributed by atoms with Gasteiger partial charge in [0.25, 0.3) is 0 Å². The Hall–Kier alpha value is -3.22. The maximum atomic E-state index is 12.6. The average Bonchev–Trinajstić information content (AvgIpc) is 2.72. The average molecular weight is 375 g/mol. The van der Waals surface area contributed by atoms with E-state index in [-0.39, 0.29) is 0 Å². The van der Waals surface area contributed by atoms with E-state index in [1.165, 1.54) is 18.9 Å². The van der Waals surface area contributed by atoms with Gasteiger partial charge in [-0.15, -0.1) is 11.8 Å². The van der Waals surface area contributed by atoms with Gasteiger partial charge >= 0.3 is 0 Å². The number of carbonyl (C=O) groups is 1. The summed E-state index contributed by atoms with van der Waals surface area (Å²) in [6.45, 7) is 0. The Labute approximate surface area is 162 Å². The smallest absolute Gasteiger partial charge is 0.243 e. The number of hydrogen-bond acceptors (Lipinski definition) is 5. The highest BCUT2D eigenvalue weighted by Gasteiger charge is 2.40. The second-order valence-electron chi connectivity index (χ2n) is 5.94. The van der Waals surface area contributed by atoms with Crippen LogP contribution in [0.3, 0.4) is 0 Å². The molecule has 0 aliphatic carbocycles. The van der Waals surface area contributed by atoms with Crippen LogP contribution in [0.5, 0.6) is 5.75 Å². The summed E-state index contributed by atoms with van der Waals surface area (Å²) in [6.07, 6.45) is 0. The third-order valence-electron chi connectivity index (χ3n) is 4.37. The van der Waals surface area contributed by atoms with Gasteiger partial charge in [-0.05, 0) is 11.6 Å². The number of allylic oxidation sites excluding steroid dienone is 1. The number of benzene rings is 2. The van der Waals surface area contributed by atoms with Gasteiger partial charge in [0.05, 0.1) is 35.8 Å². The topological polar surface area (TPSA) is 85.9 Å². The lowest BCUT2D eigenvalue weighted by Gasteiger charge is -2.29. The molecule has 0 saturated carbocycles. The van der Waals surface area contributed by atoms with E-state index in [1.807, 2.05) is 42.5 Å². The van der Waals surface area contributed by atoms with Gasteiger partial charge in [0.1, 0.15) is 11.7 Å². The van der Waals surface area contributed by atoms with E-state index in [0.717, 1.165) is 5.56 Å². The number of nitrogens with one attached hydrogen (secondary N) is 1. The molecule has 5 nitrogen and oxygen atoms in total. The number of rotatable bonds is 5. The Balaban J connectivity index is 2.03. The van der Waals surface area contributed by atoms with Crippen molar-refractivity contribution in [3.63, 3.8) is 0 Å². The molecule has 2 aromatic carbocycles. The zero-order valence-electron chi connectivity index (χ0n) is 14.7. The second-order valence-corrected chi connectivity index (χ2v) is 6.93. The van der Waals surface area contributed by atoms with E-state index in [1.54, 1.807) is 12.1 Å². The molecular formula is C21H17N3O2S. The standard InChI is InChI=1S/C21H17N3O2S/c1-26-18-10-6-5-9-15(18)19-16(11-22)20(25)24-21(17(19)12-23)27-13-14-7-3-2-4-8-14/h2-10,16,19H,13H2,1H3,(H,24,25)/t16-,19-/m0/s1. The van der Waals surface area contributed by atoms with Crippen LogP contribution in [0.25, 0.3) is 0 Å². The molecule has 27 heavy (non-hydrogen) atoms. The minimum Gasteiger partial charge on any atom is -0.496 e. The first-order chi connectivity index (χ1) is 13.2. The fourth-order valence-electron chi connectivity index (χ4n) is 3.07. The van der Waals surface area contributed by atoms with Crippen LogP contribution >= 0.6 is 11.8 Å². The number of hydrogen-bond donors (Lipinski definition) is 1. The highest BCUT2D eigenvalue weighted by Crippen LogP contribution is 2.42. The molecule has 2 atom stereocenters. The van der Waals surface area contributed by atoms with Gasteiger partial charge in [0, 0.05) is 11.3 Å². The molecule has 1 heterocycles. The Kier molecular flexibility index (Phi) is 5.80. The molecule has 134 valence electrons. The Bertz CT molecular complexity index is 957. The van der Waals surface area contributed by atoms with Crippen LogP contribution in [0.15, 0.2) is 65.2 Å². The van der Waals surface area contributed by atoms with Crippen molar-refractivity contribution < 1.29 is 9.53 Å². The lowest BCUT2D eigenvalue weighted by Crippen LogP contribution is -2.39. The summed E-state index contributed by atoms with van der Waals surface area (Å²) in [5, 5.41) is 22.6. The Morgan fingerprint density at radius 3 is 2.48 bits per heavy atom. The summed E-state index contributed by atoms with van der Waals surface area (Å²) >= 11 is 1.39. The number of ether oxygens (including phenoxy) is 1. The molecule has 0 aromatic heterocycles. The molecule has 6 heteroatoms. The van der Waals surface area contributed by atoms with Gasteiger partial charge in [-0.25, -0.2) is 0 Å². The van der Waals surface area contributed by atoms with Gasteiger partial charge in [0.15, 0.2) is 0 Å². The van der Waals surface area contributed by atoms with Crippen molar-refractivity contribution in [2.45, 2.75) is 11.7 Å². The normalized spacial score (nSPS) is 19.0. The van der Waals surface area contributed by atoms with Gasteiger partial charge in [-0.1, -0.05) is 48.5 Å². The summed E-state index contributed by atoms with van der Waals surface area (Å²) in [5.74, 6) is -0.891. The molecule has 0 radical (unpaired) electrons. The quantitative estimate of drug-likeness (QED) is 0.861. The maximum absolute atomic E-state index is 12.6. The predicted molar refractivity (Wildman–Crippen MR) is 103 cm³/mol. The van der Waals surface area contributed by atoms with Crippen molar-refractivity contribution in [2.24, 2.45) is 5.92 Å². The Morgan fingerprint density at radius 2 is 1.81 bits per heavy atom. The number of nitrogens with zero attached hydrogens (tertiary/aromatic N) is 2. The van der Waals surface area contributed by atoms with Crippen molar-refractivity contribution in [2.75, 3.05) is 7.11 Å². The molecule has 1 aliphatic rings. The molecule has 3 rings (SSSR count). The van der Waals surface area contributed by atoms with Crippen LogP contribution in [-0.4, -0.2) is 13.0 Å². The zero-order valence-corrected chi connectivity index (χ0v) is 15.5. The highest BCUT2D eigenvalue weighted by molar-refractivity contribution is 8.02. The fourth-order valence-corrected chi connectivity index (χ4v) is 4.08. The van der Waals surface area contributed by atoms with Crippen LogP contribution < -0.4 is 10.1 Å². The molecule has 2 aromatic rings. The number of amides is 1. The van der Waals surface area contributed by atoms with E-state index in [4.69, 9.17) is 4.74 Å². The summed E-state index contributed by atoms with van der Waals surface area (Å²) in [6, 6.07) is 21.2. The fraction of sp³-hybridized carbons (Fsp3) is 0.190. The molecule has 1 aliphatic heterocycles. The highest BCUT2D eigenvalue weighted by atomic mass is 32.2. The second kappa shape index (κ2) is 8.44. The molecule has 0 fully saturated rings. The number of carbonyl (C=O) groups excluding carboxylic acids is 1. The molecular weight excluding hydrogens is 358 g/mol. The minimum absolute atomic E-state index is 0.381. The van der Waals surface area contributed by atoms with E-state index in [0.29, 0.717) is 27.7 Å². The molecule has 1 amide bonds. The van der Waals surface area contributed by atoms with Crippen LogP contribution in [0.1, 0.15) is 17.0 Å². The number of thioether (sulfide) groups is 1. The third-order valence-corrected chi connectivity index (χ3v) is 5.46. The largest absolute Gasteiger partial charge is 0.496 e. The molecule has 0 unspecified atom stereocenters. The van der Waals surface area contributed by atoms with Crippen molar-refractivity contribution in [1.29, 1.82) is 10.5 Å². The van der Waals surface area contributed by atoms with Crippen LogP contribution in [0.2, 0.25) is 0 Å². The van der Waals surface area contributed by atoms with Crippen molar-refractivity contribution in [1.82, 2.24) is 5.32 Å². The van der Waals surface area contributed by atoms with Gasteiger partial charge in [0.2, 0.25) is 5.91 Å². The van der Waals surface area contributed by atoms with Gasteiger partial charge < -0.3 is 10.1 Å². The van der Waals surface area contributed by atoms with E-state index in [9.17, 15) is 15.3 Å². The Morgan fingerprint density at radius 1 is 1.11 bits per heavy atom. The molecule has 0 saturated heterocycles. The lowest BCUT2D eigenvalue weighted by molar-refractivity contribution is -0.123. The molecule has 0 spiro atoms. The first-order valence-electron chi connectivity index (χ1n) is 8.34. The van der Waals surface area contributed by atoms with Crippen molar-refractivity contribution in [3.8, 4) is 17.9 Å². The number of nitriles is 2. The third kappa shape index (κ3) is 3.81. The summed E-state index contributed by atoms with van der Waals surface area (Å²) in [5.41, 5.74) is 2.13. The van der Waals surface area contributed by atoms with Gasteiger partial charge in [-0.3, -0.25) is 4.79 Å². The monoisotopic (exact) mass is 375 g/mol. The van der Waals surface area contributed by atoms with Gasteiger partial charge in [-0.2, -0.15) is 10.5 Å². The number of methoxy groups -OCH3 is 1. The summed E-state index contributed by atoms with van der Waals surface area (Å²) in [7, 11) is 1.53. The molecule has 0 bridgehead atoms. The summed E-state index contributed by atoms with van der Waals surface area (Å²) < 4.78 is 5.40. The summed E-state index contributed by atoms with van der Waals surface area (Å²) in [4.78, 5) is 12.6.